The van der Waals surface area contributed by atoms with Crippen molar-refractivity contribution in [1.29, 1.82) is 0 Å². The minimum absolute atomic E-state index is 0.157. The molecule has 0 bridgehead atoms. The van der Waals surface area contributed by atoms with Gasteiger partial charge in [-0.1, -0.05) is 30.3 Å². The second kappa shape index (κ2) is 7.67. The van der Waals surface area contributed by atoms with Crippen molar-refractivity contribution in [2.75, 3.05) is 16.8 Å². The largest absolute Gasteiger partial charge is 0.416 e. The van der Waals surface area contributed by atoms with E-state index in [1.54, 1.807) is 6.07 Å². The lowest BCUT2D eigenvalue weighted by molar-refractivity contribution is -0.137. The fourth-order valence-electron chi connectivity index (χ4n) is 3.89. The molecule has 6 nitrogen and oxygen atoms in total. The second-order valence-electron chi connectivity index (χ2n) is 7.58. The molecule has 162 valence electrons. The van der Waals surface area contributed by atoms with E-state index in [0.29, 0.717) is 24.6 Å². The van der Waals surface area contributed by atoms with E-state index in [4.69, 9.17) is 0 Å². The number of pyridine rings is 1. The van der Waals surface area contributed by atoms with Crippen LogP contribution in [0, 0.1) is 0 Å². The molecule has 0 atom stereocenters. The van der Waals surface area contributed by atoms with E-state index in [0.717, 1.165) is 18.6 Å². The molecule has 32 heavy (non-hydrogen) atoms. The standard InChI is InChI=1S/C23H18F3N5O/c24-23(25,26)16-6-3-7-17(12-16)28-20-19-18(8-10-27-21(19)32)29-22(30-20)31-11-9-14-4-1-2-5-15(14)13-31/h1-8,10,12H,9,11,13H2,(H,27,32)(H,28,29,30). The number of aromatic nitrogens is 3. The predicted molar refractivity (Wildman–Crippen MR) is 116 cm³/mol. The van der Waals surface area contributed by atoms with Gasteiger partial charge in [-0.15, -0.1) is 0 Å². The summed E-state index contributed by atoms with van der Waals surface area (Å²) in [6, 6.07) is 14.6. The Labute approximate surface area is 180 Å². The third-order valence-electron chi connectivity index (χ3n) is 5.47. The summed E-state index contributed by atoms with van der Waals surface area (Å²) in [5.41, 5.74) is 1.81. The molecule has 0 spiro atoms. The molecule has 1 aliphatic rings. The first-order chi connectivity index (χ1) is 15.4. The van der Waals surface area contributed by atoms with Gasteiger partial charge in [-0.2, -0.15) is 18.2 Å². The molecule has 2 aromatic carbocycles. The third kappa shape index (κ3) is 3.77. The molecule has 0 amide bonds. The van der Waals surface area contributed by atoms with Crippen LogP contribution in [0.1, 0.15) is 16.7 Å². The van der Waals surface area contributed by atoms with Crippen LogP contribution in [0.3, 0.4) is 0 Å². The first kappa shape index (κ1) is 20.0. The summed E-state index contributed by atoms with van der Waals surface area (Å²) in [6.07, 6.45) is -2.17. The highest BCUT2D eigenvalue weighted by atomic mass is 19.4. The summed E-state index contributed by atoms with van der Waals surface area (Å²) >= 11 is 0. The molecule has 1 aliphatic heterocycles. The number of anilines is 3. The molecule has 0 radical (unpaired) electrons. The van der Waals surface area contributed by atoms with Crippen molar-refractivity contribution in [1.82, 2.24) is 15.0 Å². The molecule has 0 saturated carbocycles. The number of rotatable bonds is 3. The van der Waals surface area contributed by atoms with Crippen LogP contribution in [0.5, 0.6) is 0 Å². The van der Waals surface area contributed by atoms with Gasteiger partial charge in [0.1, 0.15) is 11.2 Å². The highest BCUT2D eigenvalue weighted by Crippen LogP contribution is 2.32. The number of hydrogen-bond acceptors (Lipinski definition) is 5. The number of fused-ring (bicyclic) bond motifs is 2. The lowest BCUT2D eigenvalue weighted by Gasteiger charge is -2.29. The quantitative estimate of drug-likeness (QED) is 0.488. The average molecular weight is 437 g/mol. The van der Waals surface area contributed by atoms with Crippen molar-refractivity contribution in [3.05, 3.63) is 87.8 Å². The number of hydrogen-bond donors (Lipinski definition) is 2. The second-order valence-corrected chi connectivity index (χ2v) is 7.58. The summed E-state index contributed by atoms with van der Waals surface area (Å²) in [5, 5.41) is 3.09. The molecular weight excluding hydrogens is 419 g/mol. The first-order valence-corrected chi connectivity index (χ1v) is 10.0. The number of nitrogens with one attached hydrogen (secondary N) is 2. The van der Waals surface area contributed by atoms with E-state index >= 15 is 0 Å². The van der Waals surface area contributed by atoms with E-state index < -0.39 is 17.3 Å². The SMILES string of the molecule is O=c1[nH]ccc2nc(N3CCc4ccccc4C3)nc(Nc3cccc(C(F)(F)F)c3)c12. The Hall–Kier alpha value is -3.88. The van der Waals surface area contributed by atoms with Crippen molar-refractivity contribution >= 4 is 28.4 Å². The van der Waals surface area contributed by atoms with E-state index in [9.17, 15) is 18.0 Å². The smallest absolute Gasteiger partial charge is 0.339 e. The van der Waals surface area contributed by atoms with Crippen LogP contribution in [0.2, 0.25) is 0 Å². The van der Waals surface area contributed by atoms with Gasteiger partial charge in [0.05, 0.1) is 11.1 Å². The molecule has 0 saturated heterocycles. The summed E-state index contributed by atoms with van der Waals surface area (Å²) < 4.78 is 39.4. The first-order valence-electron chi connectivity index (χ1n) is 10.0. The van der Waals surface area contributed by atoms with Crippen LogP contribution in [0.25, 0.3) is 10.9 Å². The van der Waals surface area contributed by atoms with E-state index in [1.165, 1.54) is 29.5 Å². The molecule has 2 aromatic heterocycles. The summed E-state index contributed by atoms with van der Waals surface area (Å²) in [7, 11) is 0. The lowest BCUT2D eigenvalue weighted by Crippen LogP contribution is -2.32. The Morgan fingerprint density at radius 2 is 1.81 bits per heavy atom. The predicted octanol–water partition coefficient (Wildman–Crippen LogP) is 4.64. The minimum Gasteiger partial charge on any atom is -0.339 e. The van der Waals surface area contributed by atoms with Gasteiger partial charge in [-0.25, -0.2) is 4.98 Å². The van der Waals surface area contributed by atoms with Gasteiger partial charge in [0.2, 0.25) is 5.95 Å². The molecule has 2 N–H and O–H groups in total. The topological polar surface area (TPSA) is 73.9 Å². The Balaban J connectivity index is 1.57. The Morgan fingerprint density at radius 1 is 1.00 bits per heavy atom. The summed E-state index contributed by atoms with van der Waals surface area (Å²) in [4.78, 5) is 26.2. The fraction of sp³-hybridized carbons (Fsp3) is 0.174. The zero-order valence-electron chi connectivity index (χ0n) is 16.8. The highest BCUT2D eigenvalue weighted by molar-refractivity contribution is 5.91. The van der Waals surface area contributed by atoms with Gasteiger partial charge >= 0.3 is 6.18 Å². The minimum atomic E-state index is -4.48. The number of halogens is 3. The molecule has 0 fully saturated rings. The number of alkyl halides is 3. The van der Waals surface area contributed by atoms with Crippen molar-refractivity contribution in [3.8, 4) is 0 Å². The summed E-state index contributed by atoms with van der Waals surface area (Å²) in [6.45, 7) is 1.29. The van der Waals surface area contributed by atoms with E-state index in [1.807, 2.05) is 17.0 Å². The van der Waals surface area contributed by atoms with E-state index in [-0.39, 0.29) is 16.9 Å². The van der Waals surface area contributed by atoms with Gasteiger partial charge in [-0.05, 0) is 41.8 Å². The van der Waals surface area contributed by atoms with Gasteiger partial charge in [-0.3, -0.25) is 4.79 Å². The van der Waals surface area contributed by atoms with Gasteiger partial charge in [0.25, 0.3) is 5.56 Å². The average Bonchev–Trinajstić information content (AvgIpc) is 2.78. The zero-order chi connectivity index (χ0) is 22.3. The third-order valence-corrected chi connectivity index (χ3v) is 5.47. The fourth-order valence-corrected chi connectivity index (χ4v) is 3.89. The van der Waals surface area contributed by atoms with Crippen LogP contribution in [0.4, 0.5) is 30.6 Å². The van der Waals surface area contributed by atoms with Gasteiger partial charge in [0, 0.05) is 25.0 Å². The number of H-pyrrole nitrogens is 1. The lowest BCUT2D eigenvalue weighted by atomic mass is 10.0. The molecular formula is C23H18F3N5O. The van der Waals surface area contributed by atoms with Crippen LogP contribution >= 0.6 is 0 Å². The molecule has 4 aromatic rings. The Kier molecular flexibility index (Phi) is 4.80. The zero-order valence-corrected chi connectivity index (χ0v) is 16.8. The Bertz CT molecular complexity index is 1370. The monoisotopic (exact) mass is 437 g/mol. The molecule has 0 unspecified atom stereocenters. The van der Waals surface area contributed by atoms with Gasteiger partial charge in [0.15, 0.2) is 0 Å². The molecule has 9 heteroatoms. The number of benzene rings is 2. The van der Waals surface area contributed by atoms with Crippen molar-refractivity contribution in [2.24, 2.45) is 0 Å². The van der Waals surface area contributed by atoms with Crippen molar-refractivity contribution in [3.63, 3.8) is 0 Å². The molecule has 0 aliphatic carbocycles. The van der Waals surface area contributed by atoms with E-state index in [2.05, 4.69) is 32.4 Å². The number of nitrogens with zero attached hydrogens (tertiary/aromatic N) is 3. The van der Waals surface area contributed by atoms with Crippen LogP contribution in [-0.4, -0.2) is 21.5 Å². The maximum atomic E-state index is 13.1. The maximum absolute atomic E-state index is 13.1. The summed E-state index contributed by atoms with van der Waals surface area (Å²) in [5.74, 6) is 0.567. The number of aromatic amines is 1. The molecule has 3 heterocycles. The van der Waals surface area contributed by atoms with Gasteiger partial charge < -0.3 is 15.2 Å². The maximum Gasteiger partial charge on any atom is 0.416 e. The Morgan fingerprint density at radius 3 is 2.62 bits per heavy atom. The van der Waals surface area contributed by atoms with Crippen LogP contribution in [0.15, 0.2) is 65.6 Å². The van der Waals surface area contributed by atoms with Crippen molar-refractivity contribution in [2.45, 2.75) is 19.1 Å². The highest BCUT2D eigenvalue weighted by Gasteiger charge is 2.30. The van der Waals surface area contributed by atoms with Crippen LogP contribution in [-0.2, 0) is 19.1 Å². The normalized spacial score (nSPS) is 13.8. The van der Waals surface area contributed by atoms with Crippen molar-refractivity contribution < 1.29 is 13.2 Å². The van der Waals surface area contributed by atoms with Crippen LogP contribution < -0.4 is 15.8 Å². The molecule has 5 rings (SSSR count).